The van der Waals surface area contributed by atoms with Crippen molar-refractivity contribution in [3.63, 3.8) is 0 Å². The number of carbonyl (C=O) groups is 1. The lowest BCUT2D eigenvalue weighted by atomic mass is 9.80. The molecule has 0 unspecified atom stereocenters. The molecule has 0 spiro atoms. The Bertz CT molecular complexity index is 1840. The van der Waals surface area contributed by atoms with Crippen LogP contribution in [0.25, 0.3) is 10.4 Å². The predicted molar refractivity (Wildman–Crippen MR) is 192 cm³/mol. The van der Waals surface area contributed by atoms with Gasteiger partial charge in [0.1, 0.15) is 5.75 Å². The van der Waals surface area contributed by atoms with Gasteiger partial charge in [-0.15, -0.1) is 0 Å². The van der Waals surface area contributed by atoms with E-state index in [1.54, 1.807) is 24.3 Å². The highest BCUT2D eigenvalue weighted by Crippen LogP contribution is 2.44. The van der Waals surface area contributed by atoms with Crippen LogP contribution in [0.15, 0.2) is 99.5 Å². The summed E-state index contributed by atoms with van der Waals surface area (Å²) in [6, 6.07) is 25.9. The topological polar surface area (TPSA) is 157 Å². The molecule has 0 radical (unpaired) electrons. The second kappa shape index (κ2) is 16.9. The fourth-order valence-corrected chi connectivity index (χ4v) is 6.05. The molecule has 4 aromatic carbocycles. The normalized spacial score (nSPS) is 16.4. The molecule has 4 aromatic rings. The van der Waals surface area contributed by atoms with E-state index in [4.69, 9.17) is 39.3 Å². The number of rotatable bonds is 16. The molecule has 5 rings (SSSR count). The van der Waals surface area contributed by atoms with Crippen molar-refractivity contribution in [2.75, 3.05) is 34.5 Å². The number of aliphatic hydroxyl groups excluding tert-OH is 1. The Hall–Kier alpha value is -5.23. The summed E-state index contributed by atoms with van der Waals surface area (Å²) < 4.78 is 29.9. The van der Waals surface area contributed by atoms with Crippen molar-refractivity contribution in [3.8, 4) is 23.0 Å². The Balaban J connectivity index is 1.61. The van der Waals surface area contributed by atoms with Crippen LogP contribution in [0.5, 0.6) is 23.0 Å². The average molecular weight is 745 g/mol. The van der Waals surface area contributed by atoms with Gasteiger partial charge in [-0.25, -0.2) is 4.99 Å². The van der Waals surface area contributed by atoms with Crippen molar-refractivity contribution in [2.24, 2.45) is 10.1 Å². The number of azide groups is 1. The van der Waals surface area contributed by atoms with Gasteiger partial charge in [-0.05, 0) is 76.3 Å². The number of methoxy groups -OCH3 is 3. The number of amides is 1. The van der Waals surface area contributed by atoms with Gasteiger partial charge in [0.2, 0.25) is 11.6 Å². The number of hydrogen-bond donors (Lipinski definition) is 2. The van der Waals surface area contributed by atoms with Gasteiger partial charge in [-0.3, -0.25) is 4.79 Å². The zero-order chi connectivity index (χ0) is 35.5. The van der Waals surface area contributed by atoms with Crippen molar-refractivity contribution < 1.29 is 33.6 Å². The number of aliphatic hydroxyl groups is 1. The summed E-state index contributed by atoms with van der Waals surface area (Å²) in [5.41, 5.74) is 11.2. The van der Waals surface area contributed by atoms with E-state index in [0.29, 0.717) is 58.3 Å². The summed E-state index contributed by atoms with van der Waals surface area (Å²) in [6.45, 7) is 0.589. The van der Waals surface area contributed by atoms with E-state index in [1.807, 2.05) is 60.7 Å². The fourth-order valence-electron chi connectivity index (χ4n) is 5.79. The second-order valence-electron chi connectivity index (χ2n) is 11.4. The zero-order valence-corrected chi connectivity index (χ0v) is 29.6. The van der Waals surface area contributed by atoms with E-state index in [2.05, 4.69) is 31.3 Å². The van der Waals surface area contributed by atoms with Gasteiger partial charge >= 0.3 is 0 Å². The van der Waals surface area contributed by atoms with Gasteiger partial charge < -0.3 is 34.1 Å². The average Bonchev–Trinajstić information content (AvgIpc) is 3.53. The number of ether oxygens (including phenoxy) is 5. The molecule has 260 valence electrons. The molecular weight excluding hydrogens is 706 g/mol. The zero-order valence-electron chi connectivity index (χ0n) is 28.0. The third kappa shape index (κ3) is 8.14. The highest BCUT2D eigenvalue weighted by molar-refractivity contribution is 9.10. The molecule has 50 heavy (non-hydrogen) atoms. The van der Waals surface area contributed by atoms with E-state index < -0.39 is 11.6 Å². The molecule has 0 aromatic heterocycles. The lowest BCUT2D eigenvalue weighted by molar-refractivity contribution is -0.129. The highest BCUT2D eigenvalue weighted by atomic mass is 79.9. The van der Waals surface area contributed by atoms with Crippen molar-refractivity contribution >= 4 is 27.7 Å². The van der Waals surface area contributed by atoms with Gasteiger partial charge in [-0.2, -0.15) is 0 Å². The van der Waals surface area contributed by atoms with E-state index >= 15 is 0 Å². The molecule has 2 N–H and O–H groups in total. The highest BCUT2D eigenvalue weighted by Gasteiger charge is 2.53. The number of benzene rings is 4. The van der Waals surface area contributed by atoms with Crippen LogP contribution in [0.4, 0.5) is 0 Å². The molecule has 0 saturated carbocycles. The maximum absolute atomic E-state index is 14.8. The number of halogens is 1. The third-order valence-electron chi connectivity index (χ3n) is 8.24. The van der Waals surface area contributed by atoms with Crippen LogP contribution in [0.2, 0.25) is 0 Å². The van der Waals surface area contributed by atoms with E-state index in [0.717, 1.165) is 10.0 Å². The SMILES string of the molecule is COc1cc(CNC(=O)[C@]2(Cc3ccc(Br)cc3)N=C(c3ccc(OCCCO)cc3)O[C@@H]2c2ccccc2CN=[N+]=[N-])cc(OC)c1OC. The minimum absolute atomic E-state index is 0.0351. The van der Waals surface area contributed by atoms with Crippen LogP contribution in [0.1, 0.15) is 40.3 Å². The smallest absolute Gasteiger partial charge is 0.252 e. The van der Waals surface area contributed by atoms with Crippen LogP contribution >= 0.6 is 15.9 Å². The maximum atomic E-state index is 14.8. The Morgan fingerprint density at radius 3 is 2.34 bits per heavy atom. The first-order chi connectivity index (χ1) is 24.3. The van der Waals surface area contributed by atoms with Crippen molar-refractivity contribution in [3.05, 3.63) is 128 Å². The molecule has 1 amide bonds. The maximum Gasteiger partial charge on any atom is 0.252 e. The number of hydrogen-bond acceptors (Lipinski definition) is 9. The minimum Gasteiger partial charge on any atom is -0.494 e. The van der Waals surface area contributed by atoms with Gasteiger partial charge in [0, 0.05) is 40.9 Å². The van der Waals surface area contributed by atoms with Crippen LogP contribution in [-0.4, -0.2) is 57.0 Å². The molecule has 0 aliphatic carbocycles. The summed E-state index contributed by atoms with van der Waals surface area (Å²) in [4.78, 5) is 22.9. The Labute approximate surface area is 298 Å². The van der Waals surface area contributed by atoms with Crippen LogP contribution in [0, 0.1) is 0 Å². The van der Waals surface area contributed by atoms with Gasteiger partial charge in [0.15, 0.2) is 23.1 Å². The standard InChI is InChI=1S/C37H38BrN5O7/c1-46-31-19-25(20-32(47-2)33(31)48-3)22-40-36(45)37(21-24-9-13-28(38)14-10-24)34(30-8-5-4-7-27(30)23-41-43-39)50-35(42-37)26-11-15-29(16-12-26)49-18-6-17-44/h4-5,7-16,19-20,34,44H,6,17-18,21-23H2,1-3H3,(H,40,45)/t34-,37-/m1/s1. The lowest BCUT2D eigenvalue weighted by Crippen LogP contribution is -2.49. The van der Waals surface area contributed by atoms with E-state index in [9.17, 15) is 4.79 Å². The van der Waals surface area contributed by atoms with Crippen LogP contribution in [0.3, 0.4) is 0 Å². The lowest BCUT2D eigenvalue weighted by Gasteiger charge is -2.32. The molecule has 1 aliphatic heterocycles. The summed E-state index contributed by atoms with van der Waals surface area (Å²) in [6.07, 6.45) is -0.196. The molecule has 13 heteroatoms. The Morgan fingerprint density at radius 2 is 1.70 bits per heavy atom. The molecule has 2 atom stereocenters. The molecule has 0 fully saturated rings. The molecule has 12 nitrogen and oxygen atoms in total. The molecule has 0 saturated heterocycles. The number of aliphatic imine (C=N–C) groups is 1. The molecular formula is C37H38BrN5O7. The van der Waals surface area contributed by atoms with Gasteiger partial charge in [0.05, 0.1) is 34.5 Å². The van der Waals surface area contributed by atoms with E-state index in [1.165, 1.54) is 21.3 Å². The minimum atomic E-state index is -1.49. The fraction of sp³-hybridized carbons (Fsp3) is 0.297. The summed E-state index contributed by atoms with van der Waals surface area (Å²) in [7, 11) is 4.59. The van der Waals surface area contributed by atoms with Crippen molar-refractivity contribution in [1.29, 1.82) is 0 Å². The second-order valence-corrected chi connectivity index (χ2v) is 12.3. The Morgan fingerprint density at radius 1 is 1.00 bits per heavy atom. The molecule has 0 bridgehead atoms. The first-order valence-corrected chi connectivity index (χ1v) is 16.7. The third-order valence-corrected chi connectivity index (χ3v) is 8.76. The first kappa shape index (κ1) is 36.1. The monoisotopic (exact) mass is 743 g/mol. The summed E-state index contributed by atoms with van der Waals surface area (Å²) >= 11 is 3.51. The van der Waals surface area contributed by atoms with Crippen LogP contribution in [-0.2, 0) is 29.0 Å². The summed E-state index contributed by atoms with van der Waals surface area (Å²) in [5, 5.41) is 16.1. The van der Waals surface area contributed by atoms with Crippen LogP contribution < -0.4 is 24.3 Å². The Kier molecular flexibility index (Phi) is 12.2. The number of nitrogens with zero attached hydrogens (tertiary/aromatic N) is 4. The predicted octanol–water partition coefficient (Wildman–Crippen LogP) is 6.86. The summed E-state index contributed by atoms with van der Waals surface area (Å²) in [5.74, 6) is 1.88. The largest absolute Gasteiger partial charge is 0.494 e. The first-order valence-electron chi connectivity index (χ1n) is 15.9. The quantitative estimate of drug-likeness (QED) is 0.0549. The molecule has 1 heterocycles. The van der Waals surface area contributed by atoms with Crippen molar-refractivity contribution in [2.45, 2.75) is 37.6 Å². The number of nitrogens with one attached hydrogen (secondary N) is 1. The van der Waals surface area contributed by atoms with Gasteiger partial charge in [-0.1, -0.05) is 57.4 Å². The van der Waals surface area contributed by atoms with Crippen molar-refractivity contribution in [1.82, 2.24) is 5.32 Å². The molecule has 1 aliphatic rings. The number of carbonyl (C=O) groups excluding carboxylic acids is 1. The van der Waals surface area contributed by atoms with Gasteiger partial charge in [0.25, 0.3) is 5.91 Å². The van der Waals surface area contributed by atoms with E-state index in [-0.39, 0.29) is 37.9 Å².